The molecule has 1 aliphatic rings. The van der Waals surface area contributed by atoms with E-state index in [2.05, 4.69) is 0 Å². The monoisotopic (exact) mass is 406 g/mol. The van der Waals surface area contributed by atoms with Crippen molar-refractivity contribution in [1.29, 1.82) is 0 Å². The molecule has 0 spiro atoms. The number of ether oxygens (including phenoxy) is 1. The standard InChI is InChI=1S/C21H20F2O4S/c1-4-21(2)19(24)17(14-6-5-7-15(12-14)20(22)23)18(27-21)13-8-10-16(11-9-13)28(3,25)26/h5-12,20H,4H2,1-3H3. The van der Waals surface area contributed by atoms with Crippen molar-refractivity contribution in [2.24, 2.45) is 0 Å². The van der Waals surface area contributed by atoms with Crippen LogP contribution in [0.3, 0.4) is 0 Å². The van der Waals surface area contributed by atoms with Gasteiger partial charge < -0.3 is 4.74 Å². The molecule has 0 fully saturated rings. The predicted molar refractivity (Wildman–Crippen MR) is 103 cm³/mol. The van der Waals surface area contributed by atoms with Gasteiger partial charge >= 0.3 is 0 Å². The summed E-state index contributed by atoms with van der Waals surface area (Å²) >= 11 is 0. The zero-order valence-corrected chi connectivity index (χ0v) is 16.5. The van der Waals surface area contributed by atoms with Gasteiger partial charge in [0.1, 0.15) is 5.76 Å². The molecule has 1 heterocycles. The Balaban J connectivity index is 2.18. The largest absolute Gasteiger partial charge is 0.478 e. The molecule has 0 amide bonds. The topological polar surface area (TPSA) is 60.4 Å². The van der Waals surface area contributed by atoms with Crippen molar-refractivity contribution in [3.05, 3.63) is 65.2 Å². The highest BCUT2D eigenvalue weighted by Crippen LogP contribution is 2.43. The molecule has 0 saturated heterocycles. The third-order valence-corrected chi connectivity index (χ3v) is 6.04. The second kappa shape index (κ2) is 7.13. The van der Waals surface area contributed by atoms with Gasteiger partial charge in [-0.3, -0.25) is 4.79 Å². The van der Waals surface area contributed by atoms with E-state index < -0.39 is 21.9 Å². The molecule has 3 rings (SSSR count). The van der Waals surface area contributed by atoms with Gasteiger partial charge in [-0.05, 0) is 49.2 Å². The van der Waals surface area contributed by atoms with Gasteiger partial charge in [0.05, 0.1) is 10.5 Å². The number of hydrogen-bond acceptors (Lipinski definition) is 4. The zero-order chi connectivity index (χ0) is 20.7. The Hall–Kier alpha value is -2.54. The van der Waals surface area contributed by atoms with E-state index in [1.807, 2.05) is 0 Å². The van der Waals surface area contributed by atoms with Crippen molar-refractivity contribution in [1.82, 2.24) is 0 Å². The van der Waals surface area contributed by atoms with Gasteiger partial charge in [0.15, 0.2) is 15.4 Å². The summed E-state index contributed by atoms with van der Waals surface area (Å²) in [5.74, 6) is -0.0237. The van der Waals surface area contributed by atoms with Gasteiger partial charge in [-0.25, -0.2) is 17.2 Å². The summed E-state index contributed by atoms with van der Waals surface area (Å²) in [5.41, 5.74) is -0.216. The van der Waals surface area contributed by atoms with Gasteiger partial charge in [-0.15, -0.1) is 0 Å². The first-order valence-electron chi connectivity index (χ1n) is 8.74. The number of rotatable bonds is 5. The highest BCUT2D eigenvalue weighted by atomic mass is 32.2. The molecular formula is C21H20F2O4S. The van der Waals surface area contributed by atoms with E-state index in [1.54, 1.807) is 32.0 Å². The molecule has 2 aromatic rings. The molecule has 0 aromatic heterocycles. The van der Waals surface area contributed by atoms with Crippen LogP contribution in [0, 0.1) is 0 Å². The summed E-state index contributed by atoms with van der Waals surface area (Å²) in [6.45, 7) is 3.46. The minimum Gasteiger partial charge on any atom is -0.478 e. The Morgan fingerprint density at radius 1 is 1.07 bits per heavy atom. The SMILES string of the molecule is CCC1(C)OC(c2ccc(S(C)(=O)=O)cc2)=C(c2cccc(C(F)F)c2)C1=O. The molecule has 1 unspecified atom stereocenters. The molecular weight excluding hydrogens is 386 g/mol. The van der Waals surface area contributed by atoms with E-state index in [0.29, 0.717) is 17.5 Å². The lowest BCUT2D eigenvalue weighted by atomic mass is 9.89. The summed E-state index contributed by atoms with van der Waals surface area (Å²) in [7, 11) is -3.37. The van der Waals surface area contributed by atoms with Crippen LogP contribution in [-0.2, 0) is 19.4 Å². The minimum absolute atomic E-state index is 0.140. The van der Waals surface area contributed by atoms with E-state index in [0.717, 1.165) is 6.26 Å². The maximum absolute atomic E-state index is 13.1. The number of alkyl halides is 2. The van der Waals surface area contributed by atoms with E-state index in [-0.39, 0.29) is 27.6 Å². The highest BCUT2D eigenvalue weighted by Gasteiger charge is 2.45. The second-order valence-corrected chi connectivity index (χ2v) is 8.96. The molecule has 7 heteroatoms. The lowest BCUT2D eigenvalue weighted by Crippen LogP contribution is -2.32. The number of carbonyl (C=O) groups is 1. The third kappa shape index (κ3) is 3.58. The van der Waals surface area contributed by atoms with Gasteiger partial charge in [-0.2, -0.15) is 0 Å². The van der Waals surface area contributed by atoms with Crippen LogP contribution in [0.25, 0.3) is 11.3 Å². The van der Waals surface area contributed by atoms with Crippen LogP contribution in [0.15, 0.2) is 53.4 Å². The molecule has 0 bridgehead atoms. The molecule has 28 heavy (non-hydrogen) atoms. The molecule has 0 aliphatic carbocycles. The van der Waals surface area contributed by atoms with Crippen LogP contribution in [0.4, 0.5) is 8.78 Å². The Morgan fingerprint density at radius 2 is 1.71 bits per heavy atom. The molecule has 0 N–H and O–H groups in total. The molecule has 4 nitrogen and oxygen atoms in total. The Kier molecular flexibility index (Phi) is 5.14. The number of benzene rings is 2. The van der Waals surface area contributed by atoms with Crippen molar-refractivity contribution in [2.45, 2.75) is 37.2 Å². The molecule has 1 aliphatic heterocycles. The van der Waals surface area contributed by atoms with Gasteiger partial charge in [0, 0.05) is 17.4 Å². The van der Waals surface area contributed by atoms with Crippen LogP contribution >= 0.6 is 0 Å². The summed E-state index contributed by atoms with van der Waals surface area (Å²) in [4.78, 5) is 13.2. The van der Waals surface area contributed by atoms with E-state index >= 15 is 0 Å². The van der Waals surface area contributed by atoms with Crippen LogP contribution in [0.5, 0.6) is 0 Å². The average molecular weight is 406 g/mol. The number of hydrogen-bond donors (Lipinski definition) is 0. The first kappa shape index (κ1) is 20.2. The van der Waals surface area contributed by atoms with Crippen LogP contribution in [0.2, 0.25) is 0 Å². The van der Waals surface area contributed by atoms with Gasteiger partial charge in [0.2, 0.25) is 5.78 Å². The Morgan fingerprint density at radius 3 is 2.25 bits per heavy atom. The zero-order valence-electron chi connectivity index (χ0n) is 15.7. The van der Waals surface area contributed by atoms with E-state index in [1.165, 1.54) is 30.3 Å². The predicted octanol–water partition coefficient (Wildman–Crippen LogP) is 4.66. The minimum atomic E-state index is -3.37. The molecule has 148 valence electrons. The molecule has 0 saturated carbocycles. The van der Waals surface area contributed by atoms with Gasteiger partial charge in [0.25, 0.3) is 6.43 Å². The summed E-state index contributed by atoms with van der Waals surface area (Å²) in [5, 5.41) is 0. The van der Waals surface area contributed by atoms with Crippen molar-refractivity contribution < 1.29 is 26.7 Å². The van der Waals surface area contributed by atoms with E-state index in [9.17, 15) is 22.0 Å². The lowest BCUT2D eigenvalue weighted by molar-refractivity contribution is -0.126. The fraction of sp³-hybridized carbons (Fsp3) is 0.286. The number of ketones is 1. The first-order valence-corrected chi connectivity index (χ1v) is 10.6. The molecule has 1 atom stereocenters. The normalized spacial score (nSPS) is 20.0. The second-order valence-electron chi connectivity index (χ2n) is 6.94. The Labute approximate surface area is 162 Å². The van der Waals surface area contributed by atoms with E-state index in [4.69, 9.17) is 4.74 Å². The number of halogens is 2. The number of carbonyl (C=O) groups excluding carboxylic acids is 1. The van der Waals surface area contributed by atoms with Crippen molar-refractivity contribution >= 4 is 27.0 Å². The first-order chi connectivity index (χ1) is 13.1. The van der Waals surface area contributed by atoms with Crippen LogP contribution in [0.1, 0.15) is 43.4 Å². The summed E-state index contributed by atoms with van der Waals surface area (Å²) in [6, 6.07) is 11.6. The summed E-state index contributed by atoms with van der Waals surface area (Å²) in [6.07, 6.45) is -1.16. The van der Waals surface area contributed by atoms with Crippen molar-refractivity contribution in [3.63, 3.8) is 0 Å². The van der Waals surface area contributed by atoms with Crippen molar-refractivity contribution in [3.8, 4) is 0 Å². The quantitative estimate of drug-likeness (QED) is 0.724. The molecule has 0 radical (unpaired) electrons. The number of Topliss-reactive ketones (excluding diaryl/α,β-unsaturated/α-hetero) is 1. The third-order valence-electron chi connectivity index (χ3n) is 4.91. The highest BCUT2D eigenvalue weighted by molar-refractivity contribution is 7.90. The lowest BCUT2D eigenvalue weighted by Gasteiger charge is -2.21. The fourth-order valence-corrected chi connectivity index (χ4v) is 3.70. The maximum Gasteiger partial charge on any atom is 0.263 e. The Bertz CT molecular complexity index is 1060. The smallest absolute Gasteiger partial charge is 0.263 e. The van der Waals surface area contributed by atoms with Crippen LogP contribution in [-0.4, -0.2) is 26.1 Å². The number of sulfone groups is 1. The fourth-order valence-electron chi connectivity index (χ4n) is 3.07. The average Bonchev–Trinajstić information content (AvgIpc) is 2.93. The summed E-state index contributed by atoms with van der Waals surface area (Å²) < 4.78 is 55.6. The van der Waals surface area contributed by atoms with Crippen molar-refractivity contribution in [2.75, 3.05) is 6.26 Å². The maximum atomic E-state index is 13.1. The molecule has 2 aromatic carbocycles. The van der Waals surface area contributed by atoms with Gasteiger partial charge in [-0.1, -0.05) is 25.1 Å². The van der Waals surface area contributed by atoms with Crippen LogP contribution < -0.4 is 0 Å².